The zero-order valence-electron chi connectivity index (χ0n) is 17.9. The number of hydrogen-bond acceptors (Lipinski definition) is 4. The molecule has 7 heteroatoms. The van der Waals surface area contributed by atoms with E-state index in [-0.39, 0.29) is 0 Å². The van der Waals surface area contributed by atoms with Gasteiger partial charge in [-0.05, 0) is 38.0 Å². The van der Waals surface area contributed by atoms with E-state index in [4.69, 9.17) is 9.73 Å². The number of ether oxygens (including phenoxy) is 1. The summed E-state index contributed by atoms with van der Waals surface area (Å²) < 4.78 is 7.59. The molecule has 0 aliphatic carbocycles. The molecular formula is C21H34N6O. The Morgan fingerprint density at radius 1 is 1.25 bits per heavy atom. The smallest absolute Gasteiger partial charge is 0.194 e. The predicted octanol–water partition coefficient (Wildman–Crippen LogP) is 3.12. The van der Waals surface area contributed by atoms with Crippen molar-refractivity contribution in [2.45, 2.75) is 59.7 Å². The SMILES string of the molecule is CCOc1ccc(CN(C)C(=NCCn2cnnc2CC)NC(C)CC)cc1. The topological polar surface area (TPSA) is 67.6 Å². The summed E-state index contributed by atoms with van der Waals surface area (Å²) in [5.74, 6) is 2.81. The number of rotatable bonds is 10. The van der Waals surface area contributed by atoms with E-state index in [1.165, 1.54) is 5.56 Å². The summed E-state index contributed by atoms with van der Waals surface area (Å²) in [5, 5.41) is 11.7. The van der Waals surface area contributed by atoms with E-state index < -0.39 is 0 Å². The van der Waals surface area contributed by atoms with Crippen LogP contribution in [0.3, 0.4) is 0 Å². The van der Waals surface area contributed by atoms with Crippen molar-refractivity contribution in [3.05, 3.63) is 42.0 Å². The van der Waals surface area contributed by atoms with Gasteiger partial charge in [0.1, 0.15) is 17.9 Å². The Hall–Kier alpha value is -2.57. The summed E-state index contributed by atoms with van der Waals surface area (Å²) in [4.78, 5) is 7.00. The second-order valence-electron chi connectivity index (χ2n) is 6.89. The first-order valence-corrected chi connectivity index (χ1v) is 10.2. The number of guanidine groups is 1. The van der Waals surface area contributed by atoms with Crippen LogP contribution in [0, 0.1) is 0 Å². The van der Waals surface area contributed by atoms with Gasteiger partial charge >= 0.3 is 0 Å². The average Bonchev–Trinajstić information content (AvgIpc) is 3.16. The molecule has 28 heavy (non-hydrogen) atoms. The summed E-state index contributed by atoms with van der Waals surface area (Å²) >= 11 is 0. The first-order valence-electron chi connectivity index (χ1n) is 10.2. The van der Waals surface area contributed by atoms with E-state index in [1.54, 1.807) is 6.33 Å². The van der Waals surface area contributed by atoms with Crippen molar-refractivity contribution in [2.75, 3.05) is 20.2 Å². The van der Waals surface area contributed by atoms with Gasteiger partial charge in [-0.3, -0.25) is 4.99 Å². The van der Waals surface area contributed by atoms with Crippen molar-refractivity contribution in [1.82, 2.24) is 25.0 Å². The maximum Gasteiger partial charge on any atom is 0.194 e. The zero-order valence-corrected chi connectivity index (χ0v) is 17.9. The molecule has 0 bridgehead atoms. The first kappa shape index (κ1) is 21.7. The monoisotopic (exact) mass is 386 g/mol. The Kier molecular flexibility index (Phi) is 8.78. The van der Waals surface area contributed by atoms with E-state index in [1.807, 2.05) is 19.1 Å². The fourth-order valence-corrected chi connectivity index (χ4v) is 2.81. The lowest BCUT2D eigenvalue weighted by molar-refractivity contribution is 0.340. The van der Waals surface area contributed by atoms with Crippen LogP contribution in [0.15, 0.2) is 35.6 Å². The quantitative estimate of drug-likeness (QED) is 0.502. The molecule has 7 nitrogen and oxygen atoms in total. The van der Waals surface area contributed by atoms with E-state index in [2.05, 4.69) is 64.9 Å². The molecule has 0 saturated carbocycles. The maximum absolute atomic E-state index is 5.53. The van der Waals surface area contributed by atoms with Gasteiger partial charge in [-0.25, -0.2) is 0 Å². The van der Waals surface area contributed by atoms with Crippen LogP contribution in [0.5, 0.6) is 5.75 Å². The highest BCUT2D eigenvalue weighted by atomic mass is 16.5. The normalized spacial score (nSPS) is 12.7. The third-order valence-corrected chi connectivity index (χ3v) is 4.62. The molecule has 1 heterocycles. The molecule has 1 aromatic heterocycles. The number of hydrogen-bond donors (Lipinski definition) is 1. The highest BCUT2D eigenvalue weighted by molar-refractivity contribution is 5.80. The molecule has 0 spiro atoms. The van der Waals surface area contributed by atoms with Gasteiger partial charge in [-0.2, -0.15) is 0 Å². The summed E-state index contributed by atoms with van der Waals surface area (Å²) in [6.45, 7) is 11.3. The molecule has 0 aliphatic rings. The molecule has 0 aliphatic heterocycles. The number of aryl methyl sites for hydroxylation is 1. The summed E-state index contributed by atoms with van der Waals surface area (Å²) in [6.07, 6.45) is 3.69. The van der Waals surface area contributed by atoms with Crippen molar-refractivity contribution >= 4 is 5.96 Å². The molecule has 2 aromatic rings. The Morgan fingerprint density at radius 3 is 2.64 bits per heavy atom. The number of benzene rings is 1. The molecule has 0 amide bonds. The summed E-state index contributed by atoms with van der Waals surface area (Å²) in [5.41, 5.74) is 1.22. The highest BCUT2D eigenvalue weighted by Crippen LogP contribution is 2.13. The molecule has 1 N–H and O–H groups in total. The van der Waals surface area contributed by atoms with Crippen LogP contribution in [-0.2, 0) is 19.5 Å². The van der Waals surface area contributed by atoms with Crippen LogP contribution in [0.2, 0.25) is 0 Å². The van der Waals surface area contributed by atoms with Gasteiger partial charge in [-0.1, -0.05) is 26.0 Å². The van der Waals surface area contributed by atoms with Gasteiger partial charge in [0.25, 0.3) is 0 Å². The number of nitrogens with one attached hydrogen (secondary N) is 1. The van der Waals surface area contributed by atoms with Gasteiger partial charge in [0.2, 0.25) is 0 Å². The molecule has 154 valence electrons. The predicted molar refractivity (Wildman–Crippen MR) is 114 cm³/mol. The van der Waals surface area contributed by atoms with Crippen LogP contribution in [0.4, 0.5) is 0 Å². The Balaban J connectivity index is 2.03. The fraction of sp³-hybridized carbons (Fsp3) is 0.571. The van der Waals surface area contributed by atoms with Crippen molar-refractivity contribution in [2.24, 2.45) is 4.99 Å². The van der Waals surface area contributed by atoms with Gasteiger partial charge < -0.3 is 19.5 Å². The molecule has 1 aromatic carbocycles. The van der Waals surface area contributed by atoms with E-state index in [9.17, 15) is 0 Å². The second kappa shape index (κ2) is 11.3. The van der Waals surface area contributed by atoms with Gasteiger partial charge in [0.15, 0.2) is 5.96 Å². The third-order valence-electron chi connectivity index (χ3n) is 4.62. The lowest BCUT2D eigenvalue weighted by Gasteiger charge is -2.25. The van der Waals surface area contributed by atoms with Crippen LogP contribution in [0.1, 0.15) is 45.5 Å². The van der Waals surface area contributed by atoms with Gasteiger partial charge in [-0.15, -0.1) is 10.2 Å². The standard InChI is InChI=1S/C21H34N6O/c1-6-17(4)24-21(22-13-14-27-16-23-25-20(27)7-2)26(5)15-18-9-11-19(12-10-18)28-8-3/h9-12,16-17H,6-8,13-15H2,1-5H3,(H,22,24). The Labute approximate surface area is 168 Å². The minimum atomic E-state index is 0.364. The van der Waals surface area contributed by atoms with E-state index >= 15 is 0 Å². The van der Waals surface area contributed by atoms with Crippen LogP contribution in [0.25, 0.3) is 0 Å². The van der Waals surface area contributed by atoms with Crippen molar-refractivity contribution in [3.63, 3.8) is 0 Å². The van der Waals surface area contributed by atoms with Crippen LogP contribution < -0.4 is 10.1 Å². The van der Waals surface area contributed by atoms with E-state index in [0.29, 0.717) is 19.2 Å². The molecule has 1 atom stereocenters. The summed E-state index contributed by atoms with van der Waals surface area (Å²) in [7, 11) is 2.07. The third kappa shape index (κ3) is 6.55. The molecule has 2 rings (SSSR count). The second-order valence-corrected chi connectivity index (χ2v) is 6.89. The van der Waals surface area contributed by atoms with Gasteiger partial charge in [0, 0.05) is 32.6 Å². The van der Waals surface area contributed by atoms with E-state index in [0.717, 1.165) is 43.5 Å². The van der Waals surface area contributed by atoms with Gasteiger partial charge in [0.05, 0.1) is 13.2 Å². The summed E-state index contributed by atoms with van der Waals surface area (Å²) in [6, 6.07) is 8.61. The maximum atomic E-state index is 5.53. The largest absolute Gasteiger partial charge is 0.494 e. The lowest BCUT2D eigenvalue weighted by atomic mass is 10.2. The lowest BCUT2D eigenvalue weighted by Crippen LogP contribution is -2.43. The molecule has 1 unspecified atom stereocenters. The number of aliphatic imine (C=N–C) groups is 1. The zero-order chi connectivity index (χ0) is 20.4. The molecule has 0 saturated heterocycles. The van der Waals surface area contributed by atoms with Crippen LogP contribution in [-0.4, -0.2) is 51.9 Å². The average molecular weight is 387 g/mol. The van der Waals surface area contributed by atoms with Crippen molar-refractivity contribution < 1.29 is 4.74 Å². The highest BCUT2D eigenvalue weighted by Gasteiger charge is 2.10. The Bertz CT molecular complexity index is 725. The minimum absolute atomic E-state index is 0.364. The molecule has 0 fully saturated rings. The number of aromatic nitrogens is 3. The fourth-order valence-electron chi connectivity index (χ4n) is 2.81. The Morgan fingerprint density at radius 2 is 2.00 bits per heavy atom. The van der Waals surface area contributed by atoms with Crippen LogP contribution >= 0.6 is 0 Å². The molecule has 0 radical (unpaired) electrons. The van der Waals surface area contributed by atoms with Crippen molar-refractivity contribution in [3.8, 4) is 5.75 Å². The minimum Gasteiger partial charge on any atom is -0.494 e. The molecular weight excluding hydrogens is 352 g/mol. The number of nitrogens with zero attached hydrogens (tertiary/aromatic N) is 5. The first-order chi connectivity index (χ1) is 13.6. The van der Waals surface area contributed by atoms with Crippen molar-refractivity contribution in [1.29, 1.82) is 0 Å².